The second kappa shape index (κ2) is 8.94. The van der Waals surface area contributed by atoms with Crippen LogP contribution in [-0.2, 0) is 14.8 Å². The molecule has 0 saturated carbocycles. The van der Waals surface area contributed by atoms with E-state index in [4.69, 9.17) is 4.74 Å². The number of methoxy groups -OCH3 is 1. The molecule has 1 aromatic rings. The highest BCUT2D eigenvalue weighted by molar-refractivity contribution is 7.89. The molecule has 0 atom stereocenters. The van der Waals surface area contributed by atoms with Gasteiger partial charge in [0.25, 0.3) is 0 Å². The van der Waals surface area contributed by atoms with Crippen molar-refractivity contribution in [3.05, 3.63) is 29.8 Å². The molecule has 1 heterocycles. The van der Waals surface area contributed by atoms with Crippen LogP contribution in [0.4, 0.5) is 0 Å². The predicted octanol–water partition coefficient (Wildman–Crippen LogP) is 2.45. The van der Waals surface area contributed by atoms with Crippen LogP contribution in [0.5, 0.6) is 0 Å². The van der Waals surface area contributed by atoms with Gasteiger partial charge in [0.05, 0.1) is 11.5 Å². The lowest BCUT2D eigenvalue weighted by atomic mass is 9.97. The molecule has 1 aromatic carbocycles. The molecule has 1 aliphatic rings. The number of nitrogens with zero attached hydrogens (tertiary/aromatic N) is 1. The van der Waals surface area contributed by atoms with E-state index in [0.717, 1.165) is 44.6 Å². The van der Waals surface area contributed by atoms with Crippen LogP contribution in [0, 0.1) is 5.92 Å². The number of nitrogens with one attached hydrogen (secondary N) is 1. The smallest absolute Gasteiger partial charge is 0.240 e. The van der Waals surface area contributed by atoms with Crippen LogP contribution in [-0.4, -0.2) is 53.2 Å². The highest BCUT2D eigenvalue weighted by atomic mass is 32.2. The van der Waals surface area contributed by atoms with Gasteiger partial charge in [-0.2, -0.15) is 0 Å². The van der Waals surface area contributed by atoms with Gasteiger partial charge in [-0.3, -0.25) is 0 Å². The van der Waals surface area contributed by atoms with Crippen LogP contribution in [0.1, 0.15) is 38.2 Å². The van der Waals surface area contributed by atoms with Gasteiger partial charge < -0.3 is 9.64 Å². The minimum absolute atomic E-state index is 0.351. The van der Waals surface area contributed by atoms with Crippen molar-refractivity contribution in [1.82, 2.24) is 9.62 Å². The van der Waals surface area contributed by atoms with E-state index >= 15 is 0 Å². The fraction of sp³-hybridized carbons (Fsp3) is 0.667. The molecule has 5 nitrogen and oxygen atoms in total. The highest BCUT2D eigenvalue weighted by Crippen LogP contribution is 2.19. The lowest BCUT2D eigenvalue weighted by Crippen LogP contribution is -2.39. The number of likely N-dealkylation sites (tertiary alicyclic amines) is 1. The predicted molar refractivity (Wildman–Crippen MR) is 96.8 cm³/mol. The Morgan fingerprint density at radius 3 is 2.38 bits per heavy atom. The molecule has 1 aliphatic heterocycles. The average Bonchev–Trinajstić information content (AvgIpc) is 2.59. The topological polar surface area (TPSA) is 58.6 Å². The monoisotopic (exact) mass is 354 g/mol. The summed E-state index contributed by atoms with van der Waals surface area (Å²) in [5.41, 5.74) is 1.15. The number of rotatable bonds is 8. The molecule has 136 valence electrons. The summed E-state index contributed by atoms with van der Waals surface area (Å²) in [7, 11) is -1.70. The summed E-state index contributed by atoms with van der Waals surface area (Å²) in [4.78, 5) is 2.73. The van der Waals surface area contributed by atoms with Crippen molar-refractivity contribution in [2.75, 3.05) is 39.9 Å². The first-order chi connectivity index (χ1) is 11.4. The van der Waals surface area contributed by atoms with Gasteiger partial charge in [-0.25, -0.2) is 13.1 Å². The number of sulfonamides is 1. The fourth-order valence-electron chi connectivity index (χ4n) is 2.98. The second-order valence-corrected chi connectivity index (χ2v) is 8.62. The van der Waals surface area contributed by atoms with E-state index in [2.05, 4.69) is 23.5 Å². The van der Waals surface area contributed by atoms with Crippen molar-refractivity contribution in [2.45, 2.75) is 37.5 Å². The molecule has 1 fully saturated rings. The minimum Gasteiger partial charge on any atom is -0.383 e. The molecule has 0 spiro atoms. The molecule has 0 amide bonds. The normalized spacial score (nSPS) is 17.5. The molecule has 1 saturated heterocycles. The van der Waals surface area contributed by atoms with Crippen LogP contribution in [0.2, 0.25) is 0 Å². The van der Waals surface area contributed by atoms with Crippen molar-refractivity contribution < 1.29 is 13.2 Å². The number of hydrogen-bond acceptors (Lipinski definition) is 4. The van der Waals surface area contributed by atoms with Gasteiger partial charge in [0.15, 0.2) is 0 Å². The van der Waals surface area contributed by atoms with Crippen molar-refractivity contribution in [3.8, 4) is 0 Å². The summed E-state index contributed by atoms with van der Waals surface area (Å²) in [5.74, 6) is 0.812. The molecule has 0 unspecified atom stereocenters. The van der Waals surface area contributed by atoms with E-state index in [1.807, 2.05) is 12.1 Å². The Balaban J connectivity index is 1.83. The van der Waals surface area contributed by atoms with E-state index in [1.54, 1.807) is 19.2 Å². The fourth-order valence-corrected chi connectivity index (χ4v) is 4.09. The van der Waals surface area contributed by atoms with Crippen molar-refractivity contribution in [2.24, 2.45) is 5.92 Å². The molecule has 0 aliphatic carbocycles. The Kier molecular flexibility index (Phi) is 7.22. The molecule has 1 N–H and O–H groups in total. The summed E-state index contributed by atoms with van der Waals surface area (Å²) in [6.45, 7) is 8.45. The molecular weight excluding hydrogens is 324 g/mol. The van der Waals surface area contributed by atoms with Gasteiger partial charge in [-0.1, -0.05) is 26.0 Å². The summed E-state index contributed by atoms with van der Waals surface area (Å²) >= 11 is 0. The van der Waals surface area contributed by atoms with E-state index in [9.17, 15) is 8.42 Å². The SMILES string of the molecule is COCCN1CCC(CNS(=O)(=O)c2ccc(C(C)C)cc2)CC1. The maximum Gasteiger partial charge on any atom is 0.240 e. The van der Waals surface area contributed by atoms with E-state index in [0.29, 0.717) is 23.3 Å². The number of benzene rings is 1. The molecular formula is C18H30N2O3S. The zero-order valence-corrected chi connectivity index (χ0v) is 15.8. The van der Waals surface area contributed by atoms with Gasteiger partial charge >= 0.3 is 0 Å². The third-order valence-electron chi connectivity index (χ3n) is 4.74. The minimum atomic E-state index is -3.41. The zero-order valence-electron chi connectivity index (χ0n) is 15.0. The van der Waals surface area contributed by atoms with Gasteiger partial charge in [-0.15, -0.1) is 0 Å². The first kappa shape index (κ1) is 19.4. The van der Waals surface area contributed by atoms with Gasteiger partial charge in [-0.05, 0) is 55.5 Å². The third kappa shape index (κ3) is 5.55. The second-order valence-electron chi connectivity index (χ2n) is 6.85. The lowest BCUT2D eigenvalue weighted by Gasteiger charge is -2.31. The van der Waals surface area contributed by atoms with Crippen LogP contribution in [0.3, 0.4) is 0 Å². The van der Waals surface area contributed by atoms with Crippen LogP contribution in [0.15, 0.2) is 29.2 Å². The van der Waals surface area contributed by atoms with E-state index in [-0.39, 0.29) is 0 Å². The molecule has 0 aromatic heterocycles. The number of hydrogen-bond donors (Lipinski definition) is 1. The van der Waals surface area contributed by atoms with Crippen molar-refractivity contribution >= 4 is 10.0 Å². The molecule has 0 radical (unpaired) electrons. The van der Waals surface area contributed by atoms with Crippen LogP contribution < -0.4 is 4.72 Å². The van der Waals surface area contributed by atoms with Crippen molar-refractivity contribution in [1.29, 1.82) is 0 Å². The van der Waals surface area contributed by atoms with Crippen LogP contribution in [0.25, 0.3) is 0 Å². The van der Waals surface area contributed by atoms with Gasteiger partial charge in [0.1, 0.15) is 0 Å². The molecule has 24 heavy (non-hydrogen) atoms. The third-order valence-corrected chi connectivity index (χ3v) is 6.18. The van der Waals surface area contributed by atoms with Crippen LogP contribution >= 0.6 is 0 Å². The van der Waals surface area contributed by atoms with E-state index in [1.165, 1.54) is 0 Å². The summed E-state index contributed by atoms with van der Waals surface area (Å²) < 4.78 is 32.7. The molecule has 6 heteroatoms. The zero-order chi connectivity index (χ0) is 17.6. The summed E-state index contributed by atoms with van der Waals surface area (Å²) in [5, 5.41) is 0. The molecule has 2 rings (SSSR count). The maximum absolute atomic E-state index is 12.4. The largest absolute Gasteiger partial charge is 0.383 e. The number of ether oxygens (including phenoxy) is 1. The summed E-state index contributed by atoms with van der Waals surface area (Å²) in [6, 6.07) is 7.19. The maximum atomic E-state index is 12.4. The van der Waals surface area contributed by atoms with Gasteiger partial charge in [0, 0.05) is 20.2 Å². The van der Waals surface area contributed by atoms with E-state index < -0.39 is 10.0 Å². The van der Waals surface area contributed by atoms with Crippen molar-refractivity contribution in [3.63, 3.8) is 0 Å². The Hall–Kier alpha value is -0.950. The Labute approximate surface area is 146 Å². The Morgan fingerprint density at radius 1 is 1.21 bits per heavy atom. The Morgan fingerprint density at radius 2 is 1.83 bits per heavy atom. The first-order valence-corrected chi connectivity index (χ1v) is 10.2. The average molecular weight is 355 g/mol. The number of piperidine rings is 1. The first-order valence-electron chi connectivity index (χ1n) is 8.73. The summed E-state index contributed by atoms with van der Waals surface area (Å²) in [6.07, 6.45) is 2.05. The highest BCUT2D eigenvalue weighted by Gasteiger charge is 2.21. The molecule has 0 bridgehead atoms. The standard InChI is InChI=1S/C18H30N2O3S/c1-15(2)17-4-6-18(7-5-17)24(21,22)19-14-16-8-10-20(11-9-16)12-13-23-3/h4-7,15-16,19H,8-14H2,1-3H3. The quantitative estimate of drug-likeness (QED) is 0.779. The Bertz CT molecular complexity index is 591. The lowest BCUT2D eigenvalue weighted by molar-refractivity contribution is 0.121. The van der Waals surface area contributed by atoms with Gasteiger partial charge in [0.2, 0.25) is 10.0 Å².